The van der Waals surface area contributed by atoms with Crippen LogP contribution in [0, 0.1) is 0 Å². The van der Waals surface area contributed by atoms with Crippen molar-refractivity contribution < 1.29 is 0 Å². The van der Waals surface area contributed by atoms with E-state index in [1.807, 2.05) is 0 Å². The van der Waals surface area contributed by atoms with Crippen molar-refractivity contribution in [2.24, 2.45) is 0 Å². The molecule has 1 heterocycles. The topological polar surface area (TPSA) is 3.24 Å². The number of hydrogen-bond acceptors (Lipinski definition) is 1. The molecule has 0 N–H and O–H groups in total. The van der Waals surface area contributed by atoms with Crippen molar-refractivity contribution in [1.29, 1.82) is 0 Å². The van der Waals surface area contributed by atoms with Gasteiger partial charge in [0.25, 0.3) is 0 Å². The molecular formula is C11H14BrN. The fourth-order valence-corrected chi connectivity index (χ4v) is 2.07. The monoisotopic (exact) mass is 239 g/mol. The normalized spacial score (nSPS) is 17.0. The van der Waals surface area contributed by atoms with Gasteiger partial charge in [0.2, 0.25) is 0 Å². The highest BCUT2D eigenvalue weighted by Crippen LogP contribution is 2.17. The van der Waals surface area contributed by atoms with Crippen LogP contribution < -0.4 is 0 Å². The molecular weight excluding hydrogens is 226 g/mol. The summed E-state index contributed by atoms with van der Waals surface area (Å²) in [6.07, 6.45) is 2.55. The molecule has 1 aliphatic heterocycles. The molecule has 1 fully saturated rings. The van der Waals surface area contributed by atoms with E-state index in [-0.39, 0.29) is 0 Å². The maximum Gasteiger partial charge on any atom is 0.0207 e. The van der Waals surface area contributed by atoms with Crippen LogP contribution in [0.15, 0.2) is 28.7 Å². The lowest BCUT2D eigenvalue weighted by atomic mass is 10.1. The molecule has 2 heteroatoms. The third kappa shape index (κ3) is 2.32. The van der Waals surface area contributed by atoms with Gasteiger partial charge in [0.1, 0.15) is 0 Å². The first kappa shape index (κ1) is 9.22. The van der Waals surface area contributed by atoms with Crippen molar-refractivity contribution in [3.05, 3.63) is 34.3 Å². The Morgan fingerprint density at radius 2 is 2.00 bits per heavy atom. The highest BCUT2D eigenvalue weighted by Gasteiger charge is 2.12. The van der Waals surface area contributed by atoms with Crippen LogP contribution in [0.4, 0.5) is 0 Å². The molecule has 0 unspecified atom stereocenters. The third-order valence-electron chi connectivity index (χ3n) is 2.60. The number of likely N-dealkylation sites (tertiary alicyclic amines) is 1. The molecule has 0 radical (unpaired) electrons. The molecule has 70 valence electrons. The number of nitrogens with zero attached hydrogens (tertiary/aromatic N) is 1. The fourth-order valence-electron chi connectivity index (χ4n) is 1.59. The van der Waals surface area contributed by atoms with E-state index in [4.69, 9.17) is 0 Å². The lowest BCUT2D eigenvalue weighted by molar-refractivity contribution is 0.184. The Balaban J connectivity index is 1.89. The van der Waals surface area contributed by atoms with E-state index in [2.05, 4.69) is 45.1 Å². The van der Waals surface area contributed by atoms with Gasteiger partial charge in [-0.2, -0.15) is 0 Å². The standard InChI is InChI=1S/C11H14BrN/c12-11-5-2-1-4-10(11)6-9-13-7-3-8-13/h1-2,4-5H,3,6-9H2. The number of rotatable bonds is 3. The summed E-state index contributed by atoms with van der Waals surface area (Å²) < 4.78 is 1.25. The van der Waals surface area contributed by atoms with Gasteiger partial charge >= 0.3 is 0 Å². The summed E-state index contributed by atoms with van der Waals surface area (Å²) in [7, 11) is 0. The Morgan fingerprint density at radius 3 is 2.62 bits per heavy atom. The minimum atomic E-state index is 1.17. The second kappa shape index (κ2) is 4.25. The molecule has 1 nitrogen and oxygen atoms in total. The largest absolute Gasteiger partial charge is 0.303 e. The van der Waals surface area contributed by atoms with Gasteiger partial charge in [-0.15, -0.1) is 0 Å². The minimum absolute atomic E-state index is 1.17. The van der Waals surface area contributed by atoms with E-state index >= 15 is 0 Å². The van der Waals surface area contributed by atoms with Crippen molar-refractivity contribution in [1.82, 2.24) is 4.90 Å². The third-order valence-corrected chi connectivity index (χ3v) is 3.38. The van der Waals surface area contributed by atoms with Crippen LogP contribution >= 0.6 is 15.9 Å². The Bertz CT molecular complexity index is 281. The van der Waals surface area contributed by atoms with Crippen molar-refractivity contribution in [3.63, 3.8) is 0 Å². The predicted octanol–water partition coefficient (Wildman–Crippen LogP) is 2.70. The zero-order chi connectivity index (χ0) is 9.10. The molecule has 0 saturated carbocycles. The molecule has 0 aromatic heterocycles. The molecule has 2 rings (SSSR count). The van der Waals surface area contributed by atoms with Crippen molar-refractivity contribution >= 4 is 15.9 Å². The molecule has 1 aliphatic rings. The van der Waals surface area contributed by atoms with Gasteiger partial charge < -0.3 is 4.90 Å². The van der Waals surface area contributed by atoms with Gasteiger partial charge in [0.05, 0.1) is 0 Å². The molecule has 0 amide bonds. The lowest BCUT2D eigenvalue weighted by Crippen LogP contribution is -2.38. The summed E-state index contributed by atoms with van der Waals surface area (Å²) >= 11 is 3.57. The molecule has 13 heavy (non-hydrogen) atoms. The Hall–Kier alpha value is -0.340. The molecule has 1 aromatic carbocycles. The van der Waals surface area contributed by atoms with E-state index in [1.165, 1.54) is 42.5 Å². The van der Waals surface area contributed by atoms with Gasteiger partial charge in [-0.05, 0) is 37.6 Å². The summed E-state index contributed by atoms with van der Waals surface area (Å²) in [6, 6.07) is 8.49. The first-order valence-electron chi connectivity index (χ1n) is 4.82. The van der Waals surface area contributed by atoms with Crippen LogP contribution in [-0.2, 0) is 6.42 Å². The highest BCUT2D eigenvalue weighted by atomic mass is 79.9. The summed E-state index contributed by atoms with van der Waals surface area (Å²) in [6.45, 7) is 3.80. The van der Waals surface area contributed by atoms with Crippen molar-refractivity contribution in [3.8, 4) is 0 Å². The maximum atomic E-state index is 3.57. The quantitative estimate of drug-likeness (QED) is 0.785. The summed E-state index contributed by atoms with van der Waals surface area (Å²) in [5.74, 6) is 0. The van der Waals surface area contributed by atoms with Crippen molar-refractivity contribution in [2.45, 2.75) is 12.8 Å². The summed E-state index contributed by atoms with van der Waals surface area (Å²) in [4.78, 5) is 2.50. The molecule has 0 aliphatic carbocycles. The average molecular weight is 240 g/mol. The SMILES string of the molecule is Brc1ccccc1CCN1CCC1. The molecule has 0 atom stereocenters. The van der Waals surface area contributed by atoms with Crippen molar-refractivity contribution in [2.75, 3.05) is 19.6 Å². The number of benzene rings is 1. The second-order valence-electron chi connectivity index (χ2n) is 3.54. The van der Waals surface area contributed by atoms with E-state index in [1.54, 1.807) is 0 Å². The summed E-state index contributed by atoms with van der Waals surface area (Å²) in [5, 5.41) is 0. The highest BCUT2D eigenvalue weighted by molar-refractivity contribution is 9.10. The van der Waals surface area contributed by atoms with Crippen LogP contribution in [0.25, 0.3) is 0 Å². The fraction of sp³-hybridized carbons (Fsp3) is 0.455. The van der Waals surface area contributed by atoms with E-state index in [0.717, 1.165) is 0 Å². The van der Waals surface area contributed by atoms with E-state index in [0.29, 0.717) is 0 Å². The van der Waals surface area contributed by atoms with Crippen LogP contribution in [0.3, 0.4) is 0 Å². The molecule has 0 bridgehead atoms. The van der Waals surface area contributed by atoms with Crippen LogP contribution in [0.5, 0.6) is 0 Å². The Kier molecular flexibility index (Phi) is 3.01. The van der Waals surface area contributed by atoms with Gasteiger partial charge in [-0.1, -0.05) is 34.1 Å². The van der Waals surface area contributed by atoms with Crippen LogP contribution in [0.1, 0.15) is 12.0 Å². The van der Waals surface area contributed by atoms with Gasteiger partial charge in [0, 0.05) is 11.0 Å². The average Bonchev–Trinajstić information content (AvgIpc) is 2.05. The minimum Gasteiger partial charge on any atom is -0.303 e. The maximum absolute atomic E-state index is 3.57. The summed E-state index contributed by atoms with van der Waals surface area (Å²) in [5.41, 5.74) is 1.43. The van der Waals surface area contributed by atoms with E-state index < -0.39 is 0 Å². The van der Waals surface area contributed by atoms with Crippen LogP contribution in [-0.4, -0.2) is 24.5 Å². The van der Waals surface area contributed by atoms with Gasteiger partial charge in [-0.3, -0.25) is 0 Å². The first-order valence-corrected chi connectivity index (χ1v) is 5.61. The first-order chi connectivity index (χ1) is 6.36. The van der Waals surface area contributed by atoms with E-state index in [9.17, 15) is 0 Å². The molecule has 1 aromatic rings. The smallest absolute Gasteiger partial charge is 0.0207 e. The van der Waals surface area contributed by atoms with Gasteiger partial charge in [0.15, 0.2) is 0 Å². The molecule has 0 spiro atoms. The molecule has 1 saturated heterocycles. The number of halogens is 1. The number of hydrogen-bond donors (Lipinski definition) is 0. The zero-order valence-corrected chi connectivity index (χ0v) is 9.26. The zero-order valence-electron chi connectivity index (χ0n) is 7.67. The van der Waals surface area contributed by atoms with Crippen LogP contribution in [0.2, 0.25) is 0 Å². The Morgan fingerprint density at radius 1 is 1.23 bits per heavy atom. The second-order valence-corrected chi connectivity index (χ2v) is 4.39. The lowest BCUT2D eigenvalue weighted by Gasteiger charge is -2.30. The van der Waals surface area contributed by atoms with Gasteiger partial charge in [-0.25, -0.2) is 0 Å². The Labute approximate surface area is 87.9 Å². The predicted molar refractivity (Wildman–Crippen MR) is 58.9 cm³/mol.